The quantitative estimate of drug-likeness (QED) is 0.457. The number of sulfonamides is 1. The molecule has 1 aliphatic rings. The van der Waals surface area contributed by atoms with Gasteiger partial charge in [-0.15, -0.1) is 11.3 Å². The third kappa shape index (κ3) is 5.00. The summed E-state index contributed by atoms with van der Waals surface area (Å²) in [5.41, 5.74) is 1.70. The first-order valence-electron chi connectivity index (χ1n) is 11.2. The van der Waals surface area contributed by atoms with E-state index in [1.54, 1.807) is 55.5 Å². The van der Waals surface area contributed by atoms with E-state index in [1.165, 1.54) is 23.5 Å². The molecule has 1 heterocycles. The fourth-order valence-corrected chi connectivity index (χ4v) is 6.73. The number of esters is 1. The zero-order valence-corrected chi connectivity index (χ0v) is 20.5. The van der Waals surface area contributed by atoms with E-state index in [0.717, 1.165) is 40.4 Å². The summed E-state index contributed by atoms with van der Waals surface area (Å²) in [6.45, 7) is 1.53. The van der Waals surface area contributed by atoms with Crippen molar-refractivity contribution in [3.05, 3.63) is 76.7 Å². The third-order valence-corrected chi connectivity index (χ3v) is 8.56. The van der Waals surface area contributed by atoms with Crippen molar-refractivity contribution in [2.24, 2.45) is 0 Å². The molecule has 1 N–H and O–H groups in total. The number of para-hydroxylation sites is 1. The maximum atomic E-state index is 13.4. The lowest BCUT2D eigenvalue weighted by atomic mass is 9.95. The predicted octanol–water partition coefficient (Wildman–Crippen LogP) is 4.64. The highest BCUT2D eigenvalue weighted by molar-refractivity contribution is 7.92. The second-order valence-corrected chi connectivity index (χ2v) is 10.8. The van der Waals surface area contributed by atoms with Gasteiger partial charge in [0.05, 0.1) is 22.8 Å². The van der Waals surface area contributed by atoms with Gasteiger partial charge in [-0.25, -0.2) is 13.2 Å². The van der Waals surface area contributed by atoms with Crippen molar-refractivity contribution >= 4 is 43.9 Å². The first-order chi connectivity index (χ1) is 16.4. The molecule has 1 amide bonds. The molecule has 0 atom stereocenters. The average Bonchev–Trinajstić information content (AvgIpc) is 3.21. The maximum Gasteiger partial charge on any atom is 0.341 e. The molecule has 0 spiro atoms. The summed E-state index contributed by atoms with van der Waals surface area (Å²) in [4.78, 5) is 27.0. The molecule has 0 saturated carbocycles. The number of rotatable bonds is 8. The van der Waals surface area contributed by atoms with Gasteiger partial charge in [-0.2, -0.15) is 0 Å². The van der Waals surface area contributed by atoms with Gasteiger partial charge in [0, 0.05) is 4.88 Å². The highest BCUT2D eigenvalue weighted by Crippen LogP contribution is 2.38. The molecule has 9 heteroatoms. The van der Waals surface area contributed by atoms with Crippen molar-refractivity contribution in [2.45, 2.75) is 37.5 Å². The molecule has 2 aromatic carbocycles. The van der Waals surface area contributed by atoms with E-state index in [4.69, 9.17) is 4.74 Å². The molecule has 0 saturated heterocycles. The van der Waals surface area contributed by atoms with Crippen molar-refractivity contribution in [3.8, 4) is 0 Å². The number of amides is 1. The Morgan fingerprint density at radius 3 is 2.32 bits per heavy atom. The second kappa shape index (κ2) is 10.4. The lowest BCUT2D eigenvalue weighted by Gasteiger charge is -2.24. The van der Waals surface area contributed by atoms with Gasteiger partial charge in [0.2, 0.25) is 5.91 Å². The molecule has 0 bridgehead atoms. The summed E-state index contributed by atoms with van der Waals surface area (Å²) in [6.07, 6.45) is 3.61. The molecule has 7 nitrogen and oxygen atoms in total. The SMILES string of the molecule is CCOC(=O)c1c(NC(=O)CN(c2ccccc2)S(=O)(=O)c2ccccc2)sc2c1CCCC2. The minimum Gasteiger partial charge on any atom is -0.462 e. The summed E-state index contributed by atoms with van der Waals surface area (Å²) < 4.78 is 33.2. The molecule has 1 aromatic heterocycles. The number of hydrogen-bond acceptors (Lipinski definition) is 6. The van der Waals surface area contributed by atoms with Crippen LogP contribution in [0.5, 0.6) is 0 Å². The summed E-state index contributed by atoms with van der Waals surface area (Å²) in [5.74, 6) is -0.999. The van der Waals surface area contributed by atoms with Crippen molar-refractivity contribution < 1.29 is 22.7 Å². The van der Waals surface area contributed by atoms with Gasteiger partial charge in [0.25, 0.3) is 10.0 Å². The van der Waals surface area contributed by atoms with Crippen molar-refractivity contribution in [3.63, 3.8) is 0 Å². The fraction of sp³-hybridized carbons (Fsp3) is 0.280. The van der Waals surface area contributed by atoms with E-state index in [1.807, 2.05) is 0 Å². The topological polar surface area (TPSA) is 92.8 Å². The summed E-state index contributed by atoms with van der Waals surface area (Å²) in [5, 5.41) is 3.22. The zero-order chi connectivity index (χ0) is 24.1. The molecule has 0 aliphatic heterocycles. The van der Waals surface area contributed by atoms with E-state index in [-0.39, 0.29) is 11.5 Å². The Balaban J connectivity index is 1.65. The Morgan fingerprint density at radius 2 is 1.65 bits per heavy atom. The zero-order valence-electron chi connectivity index (χ0n) is 18.8. The molecule has 0 fully saturated rings. The van der Waals surface area contributed by atoms with Crippen LogP contribution in [-0.2, 0) is 32.4 Å². The number of nitrogens with one attached hydrogen (secondary N) is 1. The van der Waals surface area contributed by atoms with E-state index >= 15 is 0 Å². The number of aryl methyl sites for hydroxylation is 1. The van der Waals surface area contributed by atoms with E-state index < -0.39 is 28.4 Å². The van der Waals surface area contributed by atoms with Crippen LogP contribution in [0.25, 0.3) is 0 Å². The molecular formula is C25H26N2O5S2. The predicted molar refractivity (Wildman–Crippen MR) is 133 cm³/mol. The van der Waals surface area contributed by atoms with Crippen molar-refractivity contribution in [2.75, 3.05) is 22.8 Å². The van der Waals surface area contributed by atoms with Gasteiger partial charge in [-0.1, -0.05) is 36.4 Å². The van der Waals surface area contributed by atoms with Gasteiger partial charge in [0.15, 0.2) is 0 Å². The number of carbonyl (C=O) groups excluding carboxylic acids is 2. The monoisotopic (exact) mass is 498 g/mol. The Kier molecular flexibility index (Phi) is 7.33. The highest BCUT2D eigenvalue weighted by Gasteiger charge is 2.30. The molecule has 34 heavy (non-hydrogen) atoms. The first-order valence-corrected chi connectivity index (χ1v) is 13.4. The molecule has 3 aromatic rings. The van der Waals surface area contributed by atoms with Gasteiger partial charge < -0.3 is 10.1 Å². The van der Waals surface area contributed by atoms with E-state index in [9.17, 15) is 18.0 Å². The molecule has 178 valence electrons. The van der Waals surface area contributed by atoms with Crippen LogP contribution in [-0.4, -0.2) is 33.4 Å². The van der Waals surface area contributed by atoms with Gasteiger partial charge >= 0.3 is 5.97 Å². The Hall–Kier alpha value is -3.17. The van der Waals surface area contributed by atoms with Gasteiger partial charge in [-0.05, 0) is 62.4 Å². The number of anilines is 2. The van der Waals surface area contributed by atoms with Crippen LogP contribution >= 0.6 is 11.3 Å². The van der Waals surface area contributed by atoms with Crippen LogP contribution in [0, 0.1) is 0 Å². The number of fused-ring (bicyclic) bond motifs is 1. The van der Waals surface area contributed by atoms with Crippen LogP contribution in [0.3, 0.4) is 0 Å². The van der Waals surface area contributed by atoms with Crippen LogP contribution < -0.4 is 9.62 Å². The summed E-state index contributed by atoms with van der Waals surface area (Å²) in [6, 6.07) is 16.5. The lowest BCUT2D eigenvalue weighted by Crippen LogP contribution is -2.38. The van der Waals surface area contributed by atoms with Crippen LogP contribution in [0.1, 0.15) is 40.6 Å². The Labute approximate surface area is 203 Å². The summed E-state index contributed by atoms with van der Waals surface area (Å²) in [7, 11) is -3.99. The fourth-order valence-electron chi connectivity index (χ4n) is 4.00. The van der Waals surface area contributed by atoms with Gasteiger partial charge in [0.1, 0.15) is 11.5 Å². The molecule has 1 aliphatic carbocycles. The normalized spacial score (nSPS) is 13.1. The van der Waals surface area contributed by atoms with Crippen LogP contribution in [0.2, 0.25) is 0 Å². The minimum atomic E-state index is -3.99. The summed E-state index contributed by atoms with van der Waals surface area (Å²) >= 11 is 1.37. The molecule has 4 rings (SSSR count). The number of nitrogens with zero attached hydrogens (tertiary/aromatic N) is 1. The van der Waals surface area contributed by atoms with Crippen molar-refractivity contribution in [1.29, 1.82) is 0 Å². The van der Waals surface area contributed by atoms with Crippen molar-refractivity contribution in [1.82, 2.24) is 0 Å². The number of benzene rings is 2. The minimum absolute atomic E-state index is 0.0884. The van der Waals surface area contributed by atoms with Crippen LogP contribution in [0.4, 0.5) is 10.7 Å². The third-order valence-electron chi connectivity index (χ3n) is 5.57. The van der Waals surface area contributed by atoms with E-state index in [0.29, 0.717) is 16.3 Å². The number of carbonyl (C=O) groups is 2. The average molecular weight is 499 g/mol. The molecule has 0 unspecified atom stereocenters. The number of ether oxygens (including phenoxy) is 1. The smallest absolute Gasteiger partial charge is 0.341 e. The Bertz CT molecular complexity index is 1270. The molecular weight excluding hydrogens is 472 g/mol. The highest BCUT2D eigenvalue weighted by atomic mass is 32.2. The van der Waals surface area contributed by atoms with Gasteiger partial charge in [-0.3, -0.25) is 9.10 Å². The number of hydrogen-bond donors (Lipinski definition) is 1. The standard InChI is InChI=1S/C25H26N2O5S2/c1-2-32-25(29)23-20-15-9-10-16-21(20)33-24(23)26-22(28)17-27(18-11-5-3-6-12-18)34(30,31)19-13-7-4-8-14-19/h3-8,11-14H,2,9-10,15-17H2,1H3,(H,26,28). The van der Waals surface area contributed by atoms with E-state index in [2.05, 4.69) is 5.32 Å². The molecule has 0 radical (unpaired) electrons. The first kappa shape index (κ1) is 24.0. The number of thiophene rings is 1. The second-order valence-electron chi connectivity index (χ2n) is 7.84. The maximum absolute atomic E-state index is 13.4. The van der Waals surface area contributed by atoms with Crippen LogP contribution in [0.15, 0.2) is 65.6 Å². The lowest BCUT2D eigenvalue weighted by molar-refractivity contribution is -0.114. The Morgan fingerprint density at radius 1 is 1.00 bits per heavy atom. The largest absolute Gasteiger partial charge is 0.462 e.